The van der Waals surface area contributed by atoms with Crippen molar-refractivity contribution in [3.63, 3.8) is 0 Å². The van der Waals surface area contributed by atoms with E-state index in [9.17, 15) is 5.11 Å². The van der Waals surface area contributed by atoms with Crippen LogP contribution in [0.15, 0.2) is 14.6 Å². The van der Waals surface area contributed by atoms with Gasteiger partial charge in [-0.1, -0.05) is 11.8 Å². The van der Waals surface area contributed by atoms with E-state index in [1.807, 2.05) is 6.92 Å². The molecule has 0 bridgehead atoms. The number of aliphatic hydroxyl groups is 1. The van der Waals surface area contributed by atoms with Gasteiger partial charge in [-0.2, -0.15) is 0 Å². The van der Waals surface area contributed by atoms with Crippen LogP contribution in [0.4, 0.5) is 0 Å². The van der Waals surface area contributed by atoms with Gasteiger partial charge in [-0.3, -0.25) is 0 Å². The number of halogens is 1. The molecule has 0 aliphatic carbocycles. The lowest BCUT2D eigenvalue weighted by Gasteiger charge is -2.25. The second kappa shape index (κ2) is 7.25. The molecular weight excluding hydrogens is 306 g/mol. The molecule has 1 rings (SSSR count). The smallest absolute Gasteiger partial charge is 0.238 e. The molecule has 2 atom stereocenters. The van der Waals surface area contributed by atoms with Gasteiger partial charge >= 0.3 is 0 Å². The van der Waals surface area contributed by atoms with E-state index in [-0.39, 0.29) is 5.37 Å². The minimum atomic E-state index is -0.923. The molecule has 0 aromatic rings. The van der Waals surface area contributed by atoms with Crippen LogP contribution >= 0.6 is 27.7 Å². The van der Waals surface area contributed by atoms with Crippen molar-refractivity contribution in [2.75, 3.05) is 20.2 Å². The molecule has 0 spiro atoms. The van der Waals surface area contributed by atoms with Crippen molar-refractivity contribution in [1.82, 2.24) is 10.2 Å². The Morgan fingerprint density at radius 2 is 2.47 bits per heavy atom. The van der Waals surface area contributed by atoms with Crippen molar-refractivity contribution in [2.45, 2.75) is 25.1 Å². The van der Waals surface area contributed by atoms with Crippen molar-refractivity contribution in [3.05, 3.63) is 9.64 Å². The molecule has 0 fully saturated rings. The molecule has 0 radical (unpaired) electrons. The van der Waals surface area contributed by atoms with E-state index in [1.54, 1.807) is 23.7 Å². The van der Waals surface area contributed by atoms with Gasteiger partial charge in [-0.15, -0.1) is 0 Å². The Labute approximate surface area is 114 Å². The summed E-state index contributed by atoms with van der Waals surface area (Å²) in [5, 5.41) is 14.2. The number of ether oxygens (including phenoxy) is 1. The summed E-state index contributed by atoms with van der Waals surface area (Å²) in [6.45, 7) is 6.50. The monoisotopic (exact) mass is 323 g/mol. The number of hydrogen-bond donors (Lipinski definition) is 2. The highest BCUT2D eigenvalue weighted by Gasteiger charge is 2.27. The maximum atomic E-state index is 9.74. The fourth-order valence-corrected chi connectivity index (χ4v) is 3.43. The number of thioether (sulfide) groups is 1. The highest BCUT2D eigenvalue weighted by Crippen LogP contribution is 2.36. The van der Waals surface area contributed by atoms with E-state index in [1.165, 1.54) is 0 Å². The maximum Gasteiger partial charge on any atom is 0.238 e. The first kappa shape index (κ1) is 14.8. The van der Waals surface area contributed by atoms with Gasteiger partial charge in [0.25, 0.3) is 0 Å². The third kappa shape index (κ3) is 4.17. The predicted molar refractivity (Wildman–Crippen MR) is 74.9 cm³/mol. The molecule has 2 unspecified atom stereocenters. The van der Waals surface area contributed by atoms with Crippen molar-refractivity contribution in [2.24, 2.45) is 4.99 Å². The molecular formula is C10H18BrN3O2S. The van der Waals surface area contributed by atoms with Crippen molar-refractivity contribution in [1.29, 1.82) is 0 Å². The summed E-state index contributed by atoms with van der Waals surface area (Å²) in [5.41, 5.74) is 0. The first-order valence-corrected chi connectivity index (χ1v) is 7.05. The third-order valence-electron chi connectivity index (χ3n) is 2.25. The third-order valence-corrected chi connectivity index (χ3v) is 4.47. The number of aliphatic hydroxyl groups excluding tert-OH is 1. The van der Waals surface area contributed by atoms with Crippen LogP contribution in [0.3, 0.4) is 0 Å². The molecule has 5 nitrogen and oxygen atoms in total. The number of nitrogens with zero attached hydrogens (tertiary/aromatic N) is 2. The Kier molecular flexibility index (Phi) is 6.32. The van der Waals surface area contributed by atoms with E-state index in [0.29, 0.717) is 6.61 Å². The van der Waals surface area contributed by atoms with Crippen LogP contribution in [0.2, 0.25) is 0 Å². The molecule has 1 aliphatic rings. The maximum absolute atomic E-state index is 9.74. The Balaban J connectivity index is 2.53. The second-order valence-corrected chi connectivity index (χ2v) is 5.48. The zero-order valence-electron chi connectivity index (χ0n) is 10.0. The van der Waals surface area contributed by atoms with Gasteiger partial charge in [0.15, 0.2) is 0 Å². The van der Waals surface area contributed by atoms with Gasteiger partial charge in [-0.25, -0.2) is 0 Å². The Hall–Kier alpha value is -0.240. The second-order valence-electron chi connectivity index (χ2n) is 3.50. The van der Waals surface area contributed by atoms with E-state index >= 15 is 0 Å². The summed E-state index contributed by atoms with van der Waals surface area (Å²) >= 11 is 5.09. The summed E-state index contributed by atoms with van der Waals surface area (Å²) in [4.78, 5) is 5.52. The van der Waals surface area contributed by atoms with E-state index in [4.69, 9.17) is 4.74 Å². The van der Waals surface area contributed by atoms with Gasteiger partial charge in [-0.05, 0) is 36.0 Å². The van der Waals surface area contributed by atoms with E-state index in [0.717, 1.165) is 22.6 Å². The van der Waals surface area contributed by atoms with Gasteiger partial charge in [0.05, 0.1) is 5.37 Å². The van der Waals surface area contributed by atoms with E-state index < -0.39 is 6.41 Å². The molecule has 1 aliphatic heterocycles. The fraction of sp³-hybridized carbons (Fsp3) is 0.700. The van der Waals surface area contributed by atoms with E-state index in [2.05, 4.69) is 33.0 Å². The van der Waals surface area contributed by atoms with Crippen LogP contribution in [0.1, 0.15) is 13.3 Å². The minimum absolute atomic E-state index is 0.251. The largest absolute Gasteiger partial charge is 0.365 e. The molecule has 17 heavy (non-hydrogen) atoms. The number of nitrogens with one attached hydrogen (secondary N) is 1. The zero-order valence-corrected chi connectivity index (χ0v) is 12.4. The molecule has 98 valence electrons. The molecule has 0 saturated heterocycles. The number of aliphatic imine (C=N–C) groups is 1. The van der Waals surface area contributed by atoms with Crippen LogP contribution in [-0.2, 0) is 4.74 Å². The highest BCUT2D eigenvalue weighted by atomic mass is 79.9. The van der Waals surface area contributed by atoms with Gasteiger partial charge < -0.3 is 25.1 Å². The van der Waals surface area contributed by atoms with Crippen LogP contribution < -0.4 is 5.32 Å². The fourth-order valence-electron chi connectivity index (χ4n) is 1.36. The zero-order chi connectivity index (χ0) is 12.8. The summed E-state index contributed by atoms with van der Waals surface area (Å²) in [6, 6.07) is 0. The van der Waals surface area contributed by atoms with Crippen molar-refractivity contribution >= 4 is 34.4 Å². The van der Waals surface area contributed by atoms with Crippen molar-refractivity contribution in [3.8, 4) is 0 Å². The van der Waals surface area contributed by atoms with Crippen LogP contribution in [0, 0.1) is 0 Å². The van der Waals surface area contributed by atoms with Gasteiger partial charge in [0.1, 0.15) is 9.64 Å². The lowest BCUT2D eigenvalue weighted by Crippen LogP contribution is -2.32. The molecule has 0 amide bonds. The Morgan fingerprint density at radius 1 is 1.76 bits per heavy atom. The highest BCUT2D eigenvalue weighted by molar-refractivity contribution is 9.11. The average Bonchev–Trinajstić information content (AvgIpc) is 2.67. The van der Waals surface area contributed by atoms with Crippen LogP contribution in [0.5, 0.6) is 0 Å². The Morgan fingerprint density at radius 3 is 3.06 bits per heavy atom. The molecule has 0 aromatic heterocycles. The normalized spacial score (nSPS) is 21.3. The van der Waals surface area contributed by atoms with Gasteiger partial charge in [0, 0.05) is 20.2 Å². The van der Waals surface area contributed by atoms with Crippen LogP contribution in [-0.4, -0.2) is 48.7 Å². The summed E-state index contributed by atoms with van der Waals surface area (Å²) < 4.78 is 6.01. The van der Waals surface area contributed by atoms with Crippen LogP contribution in [0.25, 0.3) is 0 Å². The Bertz CT molecular complexity index is 301. The molecule has 0 aromatic carbocycles. The van der Waals surface area contributed by atoms with Crippen molar-refractivity contribution < 1.29 is 9.84 Å². The number of rotatable bonds is 7. The predicted octanol–water partition coefficient (Wildman–Crippen LogP) is 1.51. The molecule has 1 heterocycles. The van der Waals surface area contributed by atoms with Gasteiger partial charge in [0.2, 0.25) is 6.41 Å². The standard InChI is InChI=1S/C10H18BrN3O2S/c1-4-16-10(15)14(3)9-8(11)13-7(17-9)5-6-12-2/h7,10,13,15H,2,4-6H2,1,3H3. The molecule has 0 saturated carbocycles. The first-order valence-electron chi connectivity index (χ1n) is 5.38. The quantitative estimate of drug-likeness (QED) is 0.422. The lowest BCUT2D eigenvalue weighted by molar-refractivity contribution is -0.167. The number of hydrogen-bond acceptors (Lipinski definition) is 6. The SMILES string of the molecule is C=NCCC1NC(Br)=C(N(C)C(O)OCC)S1. The summed E-state index contributed by atoms with van der Waals surface area (Å²) in [6.07, 6.45) is -0.0288. The molecule has 7 heteroatoms. The average molecular weight is 324 g/mol. The lowest BCUT2D eigenvalue weighted by atomic mass is 10.4. The first-order chi connectivity index (χ1) is 8.10. The molecule has 2 N–H and O–H groups in total. The minimum Gasteiger partial charge on any atom is -0.365 e. The summed E-state index contributed by atoms with van der Waals surface area (Å²) in [5.74, 6) is 0. The topological polar surface area (TPSA) is 57.1 Å². The summed E-state index contributed by atoms with van der Waals surface area (Å²) in [7, 11) is 1.79.